The number of amides is 1. The van der Waals surface area contributed by atoms with E-state index in [1.54, 1.807) is 24.7 Å². The van der Waals surface area contributed by atoms with Crippen LogP contribution in [0.5, 0.6) is 0 Å². The Labute approximate surface area is 175 Å². The molecular weight excluding hydrogens is 407 g/mol. The average molecular weight is 431 g/mol. The van der Waals surface area contributed by atoms with Gasteiger partial charge in [-0.25, -0.2) is 17.5 Å². The van der Waals surface area contributed by atoms with E-state index >= 15 is 0 Å². The van der Waals surface area contributed by atoms with Gasteiger partial charge >= 0.3 is 0 Å². The van der Waals surface area contributed by atoms with Gasteiger partial charge in [-0.05, 0) is 49.2 Å². The fourth-order valence-corrected chi connectivity index (χ4v) is 4.22. The number of hydrogen-bond acceptors (Lipinski definition) is 4. The molecule has 7 nitrogen and oxygen atoms in total. The quantitative estimate of drug-likeness (QED) is 0.575. The predicted octanol–water partition coefficient (Wildman–Crippen LogP) is 2.69. The second-order valence-electron chi connectivity index (χ2n) is 7.07. The van der Waals surface area contributed by atoms with Crippen LogP contribution >= 0.6 is 0 Å². The highest BCUT2D eigenvalue weighted by Crippen LogP contribution is 2.16. The first kappa shape index (κ1) is 21.7. The molecule has 3 aromatic rings. The average Bonchev–Trinajstić information content (AvgIpc) is 3.19. The highest BCUT2D eigenvalue weighted by Gasteiger charge is 2.20. The third kappa shape index (κ3) is 5.31. The first-order chi connectivity index (χ1) is 14.3. The van der Waals surface area contributed by atoms with Gasteiger partial charge in [0, 0.05) is 25.0 Å². The summed E-state index contributed by atoms with van der Waals surface area (Å²) in [6.45, 7) is 4.05. The third-order valence-corrected chi connectivity index (χ3v) is 5.99. The Bertz CT molecular complexity index is 1130. The molecule has 3 rings (SSSR count). The van der Waals surface area contributed by atoms with E-state index in [-0.39, 0.29) is 23.0 Å². The Morgan fingerprint density at radius 2 is 1.87 bits per heavy atom. The summed E-state index contributed by atoms with van der Waals surface area (Å²) in [5, 5.41) is 6.85. The Kier molecular flexibility index (Phi) is 6.63. The number of halogens is 1. The zero-order chi connectivity index (χ0) is 21.7. The summed E-state index contributed by atoms with van der Waals surface area (Å²) in [4.78, 5) is 12.4. The first-order valence-corrected chi connectivity index (χ1v) is 10.9. The summed E-state index contributed by atoms with van der Waals surface area (Å²) in [7, 11) is -3.84. The van der Waals surface area contributed by atoms with Crippen LogP contribution < -0.4 is 10.0 Å². The molecule has 2 N–H and O–H groups in total. The van der Waals surface area contributed by atoms with E-state index in [4.69, 9.17) is 0 Å². The van der Waals surface area contributed by atoms with Gasteiger partial charge in [-0.3, -0.25) is 9.48 Å². The molecule has 0 unspecified atom stereocenters. The molecule has 2 aromatic carbocycles. The molecule has 0 saturated carbocycles. The van der Waals surface area contributed by atoms with E-state index in [1.165, 1.54) is 0 Å². The first-order valence-electron chi connectivity index (χ1n) is 9.40. The number of nitrogens with zero attached hydrogens (tertiary/aromatic N) is 2. The summed E-state index contributed by atoms with van der Waals surface area (Å²) in [6, 6.07) is 12.2. The summed E-state index contributed by atoms with van der Waals surface area (Å²) in [6.07, 6.45) is 3.52. The van der Waals surface area contributed by atoms with E-state index in [0.29, 0.717) is 6.54 Å². The lowest BCUT2D eigenvalue weighted by Crippen LogP contribution is -2.31. The second kappa shape index (κ2) is 9.19. The molecule has 0 atom stereocenters. The summed E-state index contributed by atoms with van der Waals surface area (Å²) < 4.78 is 43.1. The van der Waals surface area contributed by atoms with Crippen LogP contribution in [0.2, 0.25) is 0 Å². The minimum atomic E-state index is -3.84. The van der Waals surface area contributed by atoms with Gasteiger partial charge < -0.3 is 5.32 Å². The number of sulfonamides is 1. The van der Waals surface area contributed by atoms with Crippen molar-refractivity contribution in [2.45, 2.75) is 37.9 Å². The predicted molar refractivity (Wildman–Crippen MR) is 111 cm³/mol. The van der Waals surface area contributed by atoms with Crippen LogP contribution in [0, 0.1) is 5.82 Å². The van der Waals surface area contributed by atoms with Crippen molar-refractivity contribution < 1.29 is 17.6 Å². The molecular formula is C21H23FN4O3S. The Morgan fingerprint density at radius 1 is 1.13 bits per heavy atom. The van der Waals surface area contributed by atoms with Crippen LogP contribution in [0.25, 0.3) is 0 Å². The standard InChI is InChI=1S/C21H23FN4O3S/c1-15(2)25-30(28,29)18-8-9-20(22)19(12-18)21(27)23-13-16-6-3-4-7-17(16)14-26-11-5-10-24-26/h3-12,15,25H,13-14H2,1-2H3,(H,23,27). The van der Waals surface area contributed by atoms with E-state index in [2.05, 4.69) is 15.1 Å². The van der Waals surface area contributed by atoms with E-state index in [9.17, 15) is 17.6 Å². The lowest BCUT2D eigenvalue weighted by molar-refractivity contribution is 0.0946. The molecule has 158 valence electrons. The monoisotopic (exact) mass is 430 g/mol. The number of benzene rings is 2. The lowest BCUT2D eigenvalue weighted by atomic mass is 10.1. The van der Waals surface area contributed by atoms with E-state index in [1.807, 2.05) is 36.5 Å². The van der Waals surface area contributed by atoms with Crippen molar-refractivity contribution in [3.05, 3.63) is 83.4 Å². The van der Waals surface area contributed by atoms with E-state index < -0.39 is 21.7 Å². The Balaban J connectivity index is 1.77. The van der Waals surface area contributed by atoms with Crippen LogP contribution in [-0.2, 0) is 23.1 Å². The smallest absolute Gasteiger partial charge is 0.254 e. The molecule has 9 heteroatoms. The van der Waals surface area contributed by atoms with Crippen molar-refractivity contribution in [3.8, 4) is 0 Å². The highest BCUT2D eigenvalue weighted by atomic mass is 32.2. The normalized spacial score (nSPS) is 11.6. The van der Waals surface area contributed by atoms with Crippen LogP contribution in [0.1, 0.15) is 35.3 Å². The summed E-state index contributed by atoms with van der Waals surface area (Å²) in [5.74, 6) is -1.48. The molecule has 1 aromatic heterocycles. The van der Waals surface area contributed by atoms with Crippen molar-refractivity contribution >= 4 is 15.9 Å². The Hall–Kier alpha value is -3.04. The van der Waals surface area contributed by atoms with Gasteiger partial charge in [-0.15, -0.1) is 0 Å². The largest absolute Gasteiger partial charge is 0.348 e. The van der Waals surface area contributed by atoms with E-state index in [0.717, 1.165) is 29.3 Å². The van der Waals surface area contributed by atoms with Gasteiger partial charge in [0.2, 0.25) is 10.0 Å². The number of hydrogen-bond donors (Lipinski definition) is 2. The van der Waals surface area contributed by atoms with Crippen LogP contribution in [0.15, 0.2) is 65.8 Å². The molecule has 0 aliphatic heterocycles. The molecule has 30 heavy (non-hydrogen) atoms. The number of carbonyl (C=O) groups excluding carboxylic acids is 1. The highest BCUT2D eigenvalue weighted by molar-refractivity contribution is 7.89. The Morgan fingerprint density at radius 3 is 2.53 bits per heavy atom. The molecule has 0 bridgehead atoms. The van der Waals surface area contributed by atoms with Crippen molar-refractivity contribution in [2.24, 2.45) is 0 Å². The molecule has 0 radical (unpaired) electrons. The third-order valence-electron chi connectivity index (χ3n) is 4.33. The van der Waals surface area contributed by atoms with Crippen molar-refractivity contribution in [3.63, 3.8) is 0 Å². The molecule has 0 saturated heterocycles. The maximum atomic E-state index is 14.2. The van der Waals surface area contributed by atoms with Gasteiger partial charge in [-0.1, -0.05) is 24.3 Å². The molecule has 0 spiro atoms. The van der Waals surface area contributed by atoms with Gasteiger partial charge in [0.05, 0.1) is 17.0 Å². The fourth-order valence-electron chi connectivity index (χ4n) is 2.95. The molecule has 0 fully saturated rings. The zero-order valence-corrected chi connectivity index (χ0v) is 17.5. The van der Waals surface area contributed by atoms with Gasteiger partial charge in [0.1, 0.15) is 5.82 Å². The van der Waals surface area contributed by atoms with Crippen molar-refractivity contribution in [1.29, 1.82) is 0 Å². The number of nitrogens with one attached hydrogen (secondary N) is 2. The number of carbonyl (C=O) groups is 1. The fraction of sp³-hybridized carbons (Fsp3) is 0.238. The molecule has 0 aliphatic carbocycles. The minimum absolute atomic E-state index is 0.164. The van der Waals surface area contributed by atoms with Gasteiger partial charge in [-0.2, -0.15) is 5.10 Å². The molecule has 0 aliphatic rings. The summed E-state index contributed by atoms with van der Waals surface area (Å²) in [5.41, 5.74) is 1.48. The number of rotatable bonds is 8. The maximum Gasteiger partial charge on any atom is 0.254 e. The van der Waals surface area contributed by atoms with Crippen LogP contribution in [0.3, 0.4) is 0 Å². The van der Waals surface area contributed by atoms with Gasteiger partial charge in [0.15, 0.2) is 0 Å². The molecule has 1 heterocycles. The molecule has 1 amide bonds. The topological polar surface area (TPSA) is 93.1 Å². The van der Waals surface area contributed by atoms with Gasteiger partial charge in [0.25, 0.3) is 5.91 Å². The minimum Gasteiger partial charge on any atom is -0.348 e. The van der Waals surface area contributed by atoms with Crippen molar-refractivity contribution in [1.82, 2.24) is 19.8 Å². The second-order valence-corrected chi connectivity index (χ2v) is 8.79. The van der Waals surface area contributed by atoms with Crippen LogP contribution in [0.4, 0.5) is 4.39 Å². The van der Waals surface area contributed by atoms with Crippen LogP contribution in [-0.4, -0.2) is 30.1 Å². The zero-order valence-electron chi connectivity index (χ0n) is 16.7. The SMILES string of the molecule is CC(C)NS(=O)(=O)c1ccc(F)c(C(=O)NCc2ccccc2Cn2cccn2)c1. The lowest BCUT2D eigenvalue weighted by Gasteiger charge is -2.13. The number of aromatic nitrogens is 2. The van der Waals surface area contributed by atoms with Crippen molar-refractivity contribution in [2.75, 3.05) is 0 Å². The maximum absolute atomic E-state index is 14.2. The summed E-state index contributed by atoms with van der Waals surface area (Å²) >= 11 is 0.